The average molecular weight is 202 g/mol. The standard InChI is InChI=1S/C12H14N2O/c1-8(2)13-12-10(7-15)9-5-3-4-6-11(9)14-12/h3-8,13-14H,1-2H3. The van der Waals surface area contributed by atoms with Crippen LogP contribution in [0.1, 0.15) is 24.2 Å². The van der Waals surface area contributed by atoms with Crippen LogP contribution in [0.4, 0.5) is 5.82 Å². The number of H-pyrrole nitrogens is 1. The first-order valence-electron chi connectivity index (χ1n) is 5.05. The summed E-state index contributed by atoms with van der Waals surface area (Å²) in [6.45, 7) is 4.08. The molecule has 0 spiro atoms. The van der Waals surface area contributed by atoms with Crippen molar-refractivity contribution in [2.75, 3.05) is 5.32 Å². The van der Waals surface area contributed by atoms with Gasteiger partial charge < -0.3 is 10.3 Å². The summed E-state index contributed by atoms with van der Waals surface area (Å²) < 4.78 is 0. The molecule has 0 amide bonds. The van der Waals surface area contributed by atoms with Gasteiger partial charge in [-0.2, -0.15) is 0 Å². The lowest BCUT2D eigenvalue weighted by Crippen LogP contribution is -2.11. The van der Waals surface area contributed by atoms with Crippen molar-refractivity contribution in [1.82, 2.24) is 4.98 Å². The number of rotatable bonds is 3. The lowest BCUT2D eigenvalue weighted by molar-refractivity contribution is 0.112. The summed E-state index contributed by atoms with van der Waals surface area (Å²) >= 11 is 0. The number of para-hydroxylation sites is 1. The molecule has 0 radical (unpaired) electrons. The average Bonchev–Trinajstić information content (AvgIpc) is 2.53. The Bertz CT molecular complexity index is 485. The van der Waals surface area contributed by atoms with Gasteiger partial charge in [-0.1, -0.05) is 18.2 Å². The van der Waals surface area contributed by atoms with Crippen molar-refractivity contribution in [2.24, 2.45) is 0 Å². The zero-order valence-corrected chi connectivity index (χ0v) is 8.87. The number of aromatic amines is 1. The number of aromatic nitrogens is 1. The fourth-order valence-corrected chi connectivity index (χ4v) is 1.69. The molecule has 2 rings (SSSR count). The summed E-state index contributed by atoms with van der Waals surface area (Å²) in [6, 6.07) is 8.10. The summed E-state index contributed by atoms with van der Waals surface area (Å²) in [5.74, 6) is 0.807. The number of carbonyl (C=O) groups is 1. The van der Waals surface area contributed by atoms with E-state index in [1.54, 1.807) is 0 Å². The number of hydrogen-bond donors (Lipinski definition) is 2. The molecule has 1 aromatic carbocycles. The van der Waals surface area contributed by atoms with E-state index in [4.69, 9.17) is 0 Å². The number of aldehydes is 1. The van der Waals surface area contributed by atoms with E-state index < -0.39 is 0 Å². The normalized spacial score (nSPS) is 10.9. The van der Waals surface area contributed by atoms with E-state index in [0.717, 1.165) is 23.0 Å². The van der Waals surface area contributed by atoms with Gasteiger partial charge in [-0.3, -0.25) is 4.79 Å². The first kappa shape index (κ1) is 9.77. The maximum Gasteiger partial charge on any atom is 0.154 e. The molecule has 0 aliphatic carbocycles. The summed E-state index contributed by atoms with van der Waals surface area (Å²) in [5, 5.41) is 4.20. The maximum absolute atomic E-state index is 11.0. The van der Waals surface area contributed by atoms with Crippen LogP contribution in [0, 0.1) is 0 Å². The molecule has 0 unspecified atom stereocenters. The van der Waals surface area contributed by atoms with Gasteiger partial charge in [0.25, 0.3) is 0 Å². The fourth-order valence-electron chi connectivity index (χ4n) is 1.69. The van der Waals surface area contributed by atoms with E-state index in [-0.39, 0.29) is 0 Å². The first-order chi connectivity index (χ1) is 7.22. The van der Waals surface area contributed by atoms with Crippen LogP contribution >= 0.6 is 0 Å². The second-order valence-electron chi connectivity index (χ2n) is 3.88. The van der Waals surface area contributed by atoms with Gasteiger partial charge >= 0.3 is 0 Å². The fraction of sp³-hybridized carbons (Fsp3) is 0.250. The van der Waals surface area contributed by atoms with Gasteiger partial charge in [-0.05, 0) is 19.9 Å². The van der Waals surface area contributed by atoms with E-state index in [2.05, 4.69) is 10.3 Å². The minimum absolute atomic E-state index is 0.303. The molecule has 3 nitrogen and oxygen atoms in total. The molecule has 0 fully saturated rings. The SMILES string of the molecule is CC(C)Nc1[nH]c2ccccc2c1C=O. The molecule has 0 saturated carbocycles. The Kier molecular flexibility index (Phi) is 2.46. The topological polar surface area (TPSA) is 44.9 Å². The molecule has 0 bridgehead atoms. The van der Waals surface area contributed by atoms with E-state index in [1.165, 1.54) is 0 Å². The van der Waals surface area contributed by atoms with Crippen molar-refractivity contribution in [1.29, 1.82) is 0 Å². The maximum atomic E-state index is 11.0. The molecule has 1 heterocycles. The highest BCUT2D eigenvalue weighted by molar-refractivity contribution is 6.03. The lowest BCUT2D eigenvalue weighted by Gasteiger charge is -2.07. The summed E-state index contributed by atoms with van der Waals surface area (Å²) in [4.78, 5) is 14.2. The third kappa shape index (κ3) is 1.73. The Labute approximate surface area is 88.5 Å². The van der Waals surface area contributed by atoms with E-state index in [1.807, 2.05) is 38.1 Å². The zero-order chi connectivity index (χ0) is 10.8. The van der Waals surface area contributed by atoms with Crippen molar-refractivity contribution < 1.29 is 4.79 Å². The van der Waals surface area contributed by atoms with Gasteiger partial charge in [0.1, 0.15) is 5.82 Å². The van der Waals surface area contributed by atoms with Gasteiger partial charge in [-0.25, -0.2) is 0 Å². The van der Waals surface area contributed by atoms with Gasteiger partial charge in [0.2, 0.25) is 0 Å². The van der Waals surface area contributed by atoms with Crippen LogP contribution in [-0.2, 0) is 0 Å². The van der Waals surface area contributed by atoms with Crippen LogP contribution in [0.25, 0.3) is 10.9 Å². The number of benzene rings is 1. The summed E-state index contributed by atoms with van der Waals surface area (Å²) in [6.07, 6.45) is 0.892. The quantitative estimate of drug-likeness (QED) is 0.752. The second kappa shape index (κ2) is 3.77. The van der Waals surface area contributed by atoms with Gasteiger partial charge in [0, 0.05) is 16.9 Å². The highest BCUT2D eigenvalue weighted by Gasteiger charge is 2.10. The minimum Gasteiger partial charge on any atom is -0.369 e. The molecular formula is C12H14N2O. The molecule has 0 saturated heterocycles. The van der Waals surface area contributed by atoms with Crippen LogP contribution in [-0.4, -0.2) is 17.3 Å². The third-order valence-corrected chi connectivity index (χ3v) is 2.30. The van der Waals surface area contributed by atoms with Crippen molar-refractivity contribution in [3.8, 4) is 0 Å². The molecule has 2 N–H and O–H groups in total. The number of anilines is 1. The molecule has 0 aliphatic rings. The van der Waals surface area contributed by atoms with E-state index in [9.17, 15) is 4.79 Å². The van der Waals surface area contributed by atoms with Crippen molar-refractivity contribution in [3.63, 3.8) is 0 Å². The Morgan fingerprint density at radius 2 is 2.07 bits per heavy atom. The van der Waals surface area contributed by atoms with Crippen molar-refractivity contribution in [3.05, 3.63) is 29.8 Å². The second-order valence-corrected chi connectivity index (χ2v) is 3.88. The van der Waals surface area contributed by atoms with Crippen LogP contribution in [0.2, 0.25) is 0 Å². The Hall–Kier alpha value is -1.77. The Morgan fingerprint density at radius 1 is 1.33 bits per heavy atom. The van der Waals surface area contributed by atoms with Crippen molar-refractivity contribution >= 4 is 23.0 Å². The number of carbonyl (C=O) groups excluding carboxylic acids is 1. The largest absolute Gasteiger partial charge is 0.369 e. The monoisotopic (exact) mass is 202 g/mol. The molecule has 0 aliphatic heterocycles. The van der Waals surface area contributed by atoms with E-state index in [0.29, 0.717) is 11.6 Å². The molecule has 1 aromatic heterocycles. The Balaban J connectivity index is 2.58. The van der Waals surface area contributed by atoms with Crippen LogP contribution < -0.4 is 5.32 Å². The lowest BCUT2D eigenvalue weighted by atomic mass is 10.2. The first-order valence-corrected chi connectivity index (χ1v) is 5.05. The van der Waals surface area contributed by atoms with Gasteiger partial charge in [0.15, 0.2) is 6.29 Å². The van der Waals surface area contributed by atoms with E-state index >= 15 is 0 Å². The molecule has 78 valence electrons. The van der Waals surface area contributed by atoms with Gasteiger partial charge in [0.05, 0.1) is 5.56 Å². The summed E-state index contributed by atoms with van der Waals surface area (Å²) in [5.41, 5.74) is 1.70. The van der Waals surface area contributed by atoms with Crippen LogP contribution in [0.5, 0.6) is 0 Å². The zero-order valence-electron chi connectivity index (χ0n) is 8.87. The smallest absolute Gasteiger partial charge is 0.154 e. The van der Waals surface area contributed by atoms with Crippen LogP contribution in [0.3, 0.4) is 0 Å². The molecule has 3 heteroatoms. The van der Waals surface area contributed by atoms with Crippen LogP contribution in [0.15, 0.2) is 24.3 Å². The highest BCUT2D eigenvalue weighted by Crippen LogP contribution is 2.24. The molecule has 0 atom stereocenters. The number of hydrogen-bond acceptors (Lipinski definition) is 2. The predicted octanol–water partition coefficient (Wildman–Crippen LogP) is 2.80. The highest BCUT2D eigenvalue weighted by atomic mass is 16.1. The number of nitrogens with one attached hydrogen (secondary N) is 2. The Morgan fingerprint density at radius 3 is 2.73 bits per heavy atom. The molecule has 15 heavy (non-hydrogen) atoms. The third-order valence-electron chi connectivity index (χ3n) is 2.30. The number of fused-ring (bicyclic) bond motifs is 1. The minimum atomic E-state index is 0.303. The predicted molar refractivity (Wildman–Crippen MR) is 62.4 cm³/mol. The van der Waals surface area contributed by atoms with Gasteiger partial charge in [-0.15, -0.1) is 0 Å². The molecular weight excluding hydrogens is 188 g/mol. The molecule has 2 aromatic rings. The van der Waals surface area contributed by atoms with Crippen molar-refractivity contribution in [2.45, 2.75) is 19.9 Å². The summed E-state index contributed by atoms with van der Waals surface area (Å²) in [7, 11) is 0.